The first-order valence-corrected chi connectivity index (χ1v) is 8.11. The highest BCUT2D eigenvalue weighted by Gasteiger charge is 2.16. The number of carbonyl (C=O) groups is 1. The van der Waals surface area contributed by atoms with Gasteiger partial charge in [-0.3, -0.25) is 0 Å². The number of carbonyl (C=O) groups excluding carboxylic acids is 1. The summed E-state index contributed by atoms with van der Waals surface area (Å²) in [4.78, 5) is 12.1. The SMILES string of the molecule is Cc1cccc(O[C@H](C)C(=O)OCc2ccc(-n3cccn3)cc2)c1. The zero-order valence-corrected chi connectivity index (χ0v) is 14.3. The molecule has 1 aromatic heterocycles. The molecule has 0 N–H and O–H groups in total. The summed E-state index contributed by atoms with van der Waals surface area (Å²) in [6.07, 6.45) is 2.94. The molecule has 5 heteroatoms. The van der Waals surface area contributed by atoms with Gasteiger partial charge in [-0.15, -0.1) is 0 Å². The second-order valence-electron chi connectivity index (χ2n) is 5.80. The van der Waals surface area contributed by atoms with Gasteiger partial charge >= 0.3 is 5.97 Å². The van der Waals surface area contributed by atoms with Crippen LogP contribution in [0.1, 0.15) is 18.1 Å². The number of hydrogen-bond donors (Lipinski definition) is 0. The van der Waals surface area contributed by atoms with E-state index in [9.17, 15) is 4.79 Å². The summed E-state index contributed by atoms with van der Waals surface area (Å²) in [5, 5.41) is 4.17. The van der Waals surface area contributed by atoms with Crippen molar-refractivity contribution >= 4 is 5.97 Å². The molecule has 0 unspecified atom stereocenters. The first-order valence-electron chi connectivity index (χ1n) is 8.11. The number of aryl methyl sites for hydroxylation is 1. The Morgan fingerprint density at radius 2 is 1.96 bits per heavy atom. The van der Waals surface area contributed by atoms with Crippen molar-refractivity contribution in [2.75, 3.05) is 0 Å². The number of rotatable bonds is 6. The molecule has 0 saturated carbocycles. The number of hydrogen-bond acceptors (Lipinski definition) is 4. The molecule has 5 nitrogen and oxygen atoms in total. The van der Waals surface area contributed by atoms with Crippen LogP contribution in [-0.4, -0.2) is 21.9 Å². The van der Waals surface area contributed by atoms with Crippen LogP contribution in [0.3, 0.4) is 0 Å². The lowest BCUT2D eigenvalue weighted by atomic mass is 10.2. The van der Waals surface area contributed by atoms with Gasteiger partial charge in [0.25, 0.3) is 0 Å². The van der Waals surface area contributed by atoms with E-state index in [0.29, 0.717) is 5.75 Å². The minimum absolute atomic E-state index is 0.208. The third-order valence-electron chi connectivity index (χ3n) is 3.72. The number of aromatic nitrogens is 2. The van der Waals surface area contributed by atoms with Crippen LogP contribution in [0.5, 0.6) is 5.75 Å². The summed E-state index contributed by atoms with van der Waals surface area (Å²) >= 11 is 0. The summed E-state index contributed by atoms with van der Waals surface area (Å²) in [5.74, 6) is 0.269. The number of esters is 1. The third kappa shape index (κ3) is 4.47. The van der Waals surface area contributed by atoms with E-state index in [4.69, 9.17) is 9.47 Å². The van der Waals surface area contributed by atoms with Gasteiger partial charge in [-0.2, -0.15) is 5.10 Å². The van der Waals surface area contributed by atoms with Crippen molar-refractivity contribution in [2.24, 2.45) is 0 Å². The molecular weight excluding hydrogens is 316 g/mol. The predicted octanol–water partition coefficient (Wildman–Crippen LogP) is 3.69. The Morgan fingerprint density at radius 1 is 1.16 bits per heavy atom. The molecule has 0 aliphatic heterocycles. The highest BCUT2D eigenvalue weighted by Crippen LogP contribution is 2.15. The van der Waals surface area contributed by atoms with Crippen LogP contribution in [0.4, 0.5) is 0 Å². The topological polar surface area (TPSA) is 53.4 Å². The van der Waals surface area contributed by atoms with Crippen molar-refractivity contribution in [1.82, 2.24) is 9.78 Å². The molecular formula is C20H20N2O3. The van der Waals surface area contributed by atoms with Gasteiger partial charge in [0.15, 0.2) is 6.10 Å². The Kier molecular flexibility index (Phi) is 5.14. The van der Waals surface area contributed by atoms with Crippen molar-refractivity contribution < 1.29 is 14.3 Å². The molecule has 128 valence electrons. The Morgan fingerprint density at radius 3 is 2.64 bits per heavy atom. The molecule has 25 heavy (non-hydrogen) atoms. The molecule has 0 radical (unpaired) electrons. The number of ether oxygens (including phenoxy) is 2. The monoisotopic (exact) mass is 336 g/mol. The molecule has 0 spiro atoms. The highest BCUT2D eigenvalue weighted by molar-refractivity contribution is 5.74. The largest absolute Gasteiger partial charge is 0.479 e. The van der Waals surface area contributed by atoms with Crippen LogP contribution >= 0.6 is 0 Å². The van der Waals surface area contributed by atoms with Crippen molar-refractivity contribution in [3.05, 3.63) is 78.1 Å². The van der Waals surface area contributed by atoms with Gasteiger partial charge in [0.1, 0.15) is 12.4 Å². The average Bonchev–Trinajstić information content (AvgIpc) is 3.14. The third-order valence-corrected chi connectivity index (χ3v) is 3.72. The molecule has 1 atom stereocenters. The molecule has 0 aliphatic rings. The van der Waals surface area contributed by atoms with Crippen LogP contribution in [0.25, 0.3) is 5.69 Å². The van der Waals surface area contributed by atoms with Crippen LogP contribution in [-0.2, 0) is 16.1 Å². The van der Waals surface area contributed by atoms with Gasteiger partial charge in [-0.25, -0.2) is 9.48 Å². The van der Waals surface area contributed by atoms with Gasteiger partial charge in [0, 0.05) is 12.4 Å². The maximum atomic E-state index is 12.1. The van der Waals surface area contributed by atoms with Crippen LogP contribution in [0.15, 0.2) is 67.0 Å². The zero-order chi connectivity index (χ0) is 17.6. The lowest BCUT2D eigenvalue weighted by Gasteiger charge is -2.14. The lowest BCUT2D eigenvalue weighted by Crippen LogP contribution is -2.26. The van der Waals surface area contributed by atoms with Crippen molar-refractivity contribution in [3.63, 3.8) is 0 Å². The zero-order valence-electron chi connectivity index (χ0n) is 14.3. The smallest absolute Gasteiger partial charge is 0.347 e. The maximum Gasteiger partial charge on any atom is 0.347 e. The highest BCUT2D eigenvalue weighted by atomic mass is 16.6. The fourth-order valence-electron chi connectivity index (χ4n) is 2.38. The Bertz CT molecular complexity index is 826. The van der Waals surface area contributed by atoms with Gasteiger partial charge in [-0.05, 0) is 55.3 Å². The van der Waals surface area contributed by atoms with Crippen molar-refractivity contribution in [2.45, 2.75) is 26.6 Å². The predicted molar refractivity (Wildman–Crippen MR) is 94.6 cm³/mol. The molecule has 0 saturated heterocycles. The minimum Gasteiger partial charge on any atom is -0.479 e. The van der Waals surface area contributed by atoms with E-state index in [1.54, 1.807) is 17.8 Å². The second kappa shape index (κ2) is 7.66. The first kappa shape index (κ1) is 16.8. The second-order valence-corrected chi connectivity index (χ2v) is 5.80. The molecule has 3 aromatic rings. The van der Waals surface area contributed by atoms with Crippen LogP contribution in [0, 0.1) is 6.92 Å². The normalized spacial score (nSPS) is 11.8. The molecule has 0 bridgehead atoms. The standard InChI is InChI=1S/C20H20N2O3/c1-15-5-3-6-19(13-15)25-16(2)20(23)24-14-17-7-9-18(10-8-17)22-12-4-11-21-22/h3-13,16H,14H2,1-2H3/t16-/m1/s1. The maximum absolute atomic E-state index is 12.1. The Hall–Kier alpha value is -3.08. The summed E-state index contributed by atoms with van der Waals surface area (Å²) in [6.45, 7) is 3.87. The summed E-state index contributed by atoms with van der Waals surface area (Å²) in [5.41, 5.74) is 2.94. The molecule has 1 heterocycles. The fraction of sp³-hybridized carbons (Fsp3) is 0.200. The summed E-state index contributed by atoms with van der Waals surface area (Å²) < 4.78 is 12.7. The molecule has 0 fully saturated rings. The van der Waals surface area contributed by atoms with Gasteiger partial charge in [-0.1, -0.05) is 24.3 Å². The van der Waals surface area contributed by atoms with Crippen LogP contribution in [0.2, 0.25) is 0 Å². The fourth-order valence-corrected chi connectivity index (χ4v) is 2.38. The van der Waals surface area contributed by atoms with Crippen LogP contribution < -0.4 is 4.74 Å². The van der Waals surface area contributed by atoms with E-state index < -0.39 is 12.1 Å². The van der Waals surface area contributed by atoms with Gasteiger partial charge in [0.05, 0.1) is 5.69 Å². The van der Waals surface area contributed by atoms with Crippen molar-refractivity contribution in [3.8, 4) is 11.4 Å². The Labute approximate surface area is 146 Å². The molecule has 0 aliphatic carbocycles. The summed E-state index contributed by atoms with van der Waals surface area (Å²) in [6, 6.07) is 17.1. The lowest BCUT2D eigenvalue weighted by molar-refractivity contribution is -0.152. The van der Waals surface area contributed by atoms with E-state index in [1.807, 2.05) is 67.7 Å². The molecule has 3 rings (SSSR count). The van der Waals surface area contributed by atoms with E-state index in [0.717, 1.165) is 16.8 Å². The van der Waals surface area contributed by atoms with Gasteiger partial charge in [0.2, 0.25) is 0 Å². The van der Waals surface area contributed by atoms with E-state index in [2.05, 4.69) is 5.10 Å². The molecule has 0 amide bonds. The number of benzene rings is 2. The summed E-state index contributed by atoms with van der Waals surface area (Å²) in [7, 11) is 0. The minimum atomic E-state index is -0.662. The molecule has 2 aromatic carbocycles. The number of nitrogens with zero attached hydrogens (tertiary/aromatic N) is 2. The van der Waals surface area contributed by atoms with Gasteiger partial charge < -0.3 is 9.47 Å². The quantitative estimate of drug-likeness (QED) is 0.644. The van der Waals surface area contributed by atoms with Crippen molar-refractivity contribution in [1.29, 1.82) is 0 Å². The first-order chi connectivity index (χ1) is 12.1. The van der Waals surface area contributed by atoms with E-state index in [-0.39, 0.29) is 6.61 Å². The van der Waals surface area contributed by atoms with E-state index >= 15 is 0 Å². The average molecular weight is 336 g/mol. The van der Waals surface area contributed by atoms with E-state index in [1.165, 1.54) is 0 Å². The Balaban J connectivity index is 1.53.